The van der Waals surface area contributed by atoms with Crippen LogP contribution in [0.4, 0.5) is 29.6 Å². The Morgan fingerprint density at radius 2 is 1.49 bits per heavy atom. The first kappa shape index (κ1) is 30.2. The average Bonchev–Trinajstić information content (AvgIpc) is 2.97. The number of sulfonamides is 1. The van der Waals surface area contributed by atoms with Gasteiger partial charge < -0.3 is 19.9 Å². The number of hydrogen-bond acceptors (Lipinski definition) is 7. The number of urea groups is 1. The number of nitrogens with one attached hydrogen (secondary N) is 1. The van der Waals surface area contributed by atoms with Crippen LogP contribution in [0.15, 0.2) is 65.7 Å². The fraction of sp³-hybridized carbons (Fsp3) is 0.370. The van der Waals surface area contributed by atoms with Crippen molar-refractivity contribution in [2.75, 3.05) is 58.8 Å². The van der Waals surface area contributed by atoms with Crippen LogP contribution < -0.4 is 5.32 Å². The molecule has 2 aliphatic heterocycles. The summed E-state index contributed by atoms with van der Waals surface area (Å²) in [5.74, 6) is 0.228. The van der Waals surface area contributed by atoms with E-state index < -0.39 is 21.8 Å². The molecule has 41 heavy (non-hydrogen) atoms. The first-order chi connectivity index (χ1) is 19.4. The molecule has 2 fully saturated rings. The lowest BCUT2D eigenvalue weighted by Crippen LogP contribution is -2.44. The largest absolute Gasteiger partial charge is 0.416 e. The van der Waals surface area contributed by atoms with Crippen LogP contribution in [0.2, 0.25) is 0 Å². The molecule has 14 heteroatoms. The minimum atomic E-state index is -4.40. The molecule has 0 saturated carbocycles. The maximum absolute atomic E-state index is 12.8. The zero-order valence-corrected chi connectivity index (χ0v) is 23.5. The molecule has 0 radical (unpaired) electrons. The number of alkyl halides is 3. The third-order valence-electron chi connectivity index (χ3n) is 6.52. The van der Waals surface area contributed by atoms with Crippen molar-refractivity contribution in [3.63, 3.8) is 0 Å². The maximum Gasteiger partial charge on any atom is 0.416 e. The summed E-state index contributed by atoms with van der Waals surface area (Å²) < 4.78 is 70.2. The molecule has 0 aliphatic carbocycles. The highest BCUT2D eigenvalue weighted by molar-refractivity contribution is 7.89. The van der Waals surface area contributed by atoms with E-state index in [1.165, 1.54) is 34.8 Å². The van der Waals surface area contributed by atoms with Crippen molar-refractivity contribution in [1.29, 1.82) is 0 Å². The molecule has 1 aromatic heterocycles. The summed E-state index contributed by atoms with van der Waals surface area (Å²) in [5.41, 5.74) is 0.786. The van der Waals surface area contributed by atoms with Crippen LogP contribution in [0, 0.1) is 0 Å². The maximum atomic E-state index is 12.8. The zero-order chi connectivity index (χ0) is 29.6. The van der Waals surface area contributed by atoms with Crippen molar-refractivity contribution in [2.24, 2.45) is 0 Å². The summed E-state index contributed by atoms with van der Waals surface area (Å²) in [6.07, 6.45) is -1.82. The molecule has 3 aromatic rings. The van der Waals surface area contributed by atoms with Gasteiger partial charge in [0.1, 0.15) is 0 Å². The molecule has 0 atom stereocenters. The molecule has 3 heterocycles. The van der Waals surface area contributed by atoms with Gasteiger partial charge in [-0.1, -0.05) is 12.1 Å². The Morgan fingerprint density at radius 3 is 2.05 bits per heavy atom. The highest BCUT2D eigenvalue weighted by atomic mass is 32.2. The molecular formula is C27H31F3N6O4S. The standard InChI is InChI=1S/C21H19F3N4O3S.C6H12N2O/c22-21(23,24)16-3-1-15(2-4-16)19-9-10-25-20(27-19)26-17-5-7-18(8-6-17)32(29,30)28-11-13-31-14-12-28;1-7-4-3-5-8(2)6(7)9/h1-10H,11-14H2,(H,25,26,27);3-5H2,1-2H3. The monoisotopic (exact) mass is 592 g/mol. The molecule has 5 rings (SSSR count). The number of nitrogens with zero attached hydrogens (tertiary/aromatic N) is 5. The summed E-state index contributed by atoms with van der Waals surface area (Å²) in [7, 11) is 0.0684. The van der Waals surface area contributed by atoms with Crippen LogP contribution in [0.1, 0.15) is 12.0 Å². The number of rotatable bonds is 5. The lowest BCUT2D eigenvalue weighted by atomic mass is 10.1. The number of halogens is 3. The molecule has 220 valence electrons. The van der Waals surface area contributed by atoms with Crippen LogP contribution in [0.5, 0.6) is 0 Å². The molecule has 0 bridgehead atoms. The molecular weight excluding hydrogens is 561 g/mol. The van der Waals surface area contributed by atoms with Crippen LogP contribution in [-0.2, 0) is 20.9 Å². The van der Waals surface area contributed by atoms with Gasteiger partial charge in [-0.25, -0.2) is 23.2 Å². The van der Waals surface area contributed by atoms with Crippen molar-refractivity contribution in [3.8, 4) is 11.3 Å². The Bertz CT molecular complexity index is 1420. The summed E-state index contributed by atoms with van der Waals surface area (Å²) in [6.45, 7) is 3.17. The minimum absolute atomic E-state index is 0.140. The van der Waals surface area contributed by atoms with Crippen molar-refractivity contribution in [2.45, 2.75) is 17.5 Å². The minimum Gasteiger partial charge on any atom is -0.379 e. The predicted molar refractivity (Wildman–Crippen MR) is 147 cm³/mol. The molecule has 2 aromatic carbocycles. The van der Waals surface area contributed by atoms with Gasteiger partial charge in [-0.15, -0.1) is 0 Å². The first-order valence-corrected chi connectivity index (χ1v) is 14.3. The Morgan fingerprint density at radius 1 is 0.878 bits per heavy atom. The molecule has 2 aliphatic rings. The lowest BCUT2D eigenvalue weighted by Gasteiger charge is -2.30. The quantitative estimate of drug-likeness (QED) is 0.471. The molecule has 0 unspecified atom stereocenters. The Kier molecular flexibility index (Phi) is 9.46. The van der Waals surface area contributed by atoms with E-state index in [9.17, 15) is 26.4 Å². The third kappa shape index (κ3) is 7.71. The van der Waals surface area contributed by atoms with Gasteiger partial charge in [0.15, 0.2) is 0 Å². The highest BCUT2D eigenvalue weighted by Gasteiger charge is 2.30. The number of morpholine rings is 1. The second-order valence-corrected chi connectivity index (χ2v) is 11.4. The van der Waals surface area contributed by atoms with Crippen LogP contribution in [-0.4, -0.2) is 92.0 Å². The fourth-order valence-corrected chi connectivity index (χ4v) is 5.62. The normalized spacial score (nSPS) is 16.7. The summed E-state index contributed by atoms with van der Waals surface area (Å²) >= 11 is 0. The Labute approximate surface area is 236 Å². The van der Waals surface area contributed by atoms with E-state index >= 15 is 0 Å². The third-order valence-corrected chi connectivity index (χ3v) is 8.43. The molecule has 10 nitrogen and oxygen atoms in total. The number of carbonyl (C=O) groups excluding carboxylic acids is 1. The van der Waals surface area contributed by atoms with E-state index in [4.69, 9.17) is 4.74 Å². The van der Waals surface area contributed by atoms with Gasteiger partial charge in [-0.05, 0) is 48.9 Å². The fourth-order valence-electron chi connectivity index (χ4n) is 4.21. The number of benzene rings is 2. The van der Waals surface area contributed by atoms with Gasteiger partial charge in [0.2, 0.25) is 16.0 Å². The number of carbonyl (C=O) groups is 1. The van der Waals surface area contributed by atoms with Crippen molar-refractivity contribution < 1.29 is 31.1 Å². The van der Waals surface area contributed by atoms with Gasteiger partial charge in [0.25, 0.3) is 0 Å². The van der Waals surface area contributed by atoms with Gasteiger partial charge in [-0.2, -0.15) is 17.5 Å². The molecule has 2 saturated heterocycles. The van der Waals surface area contributed by atoms with Crippen LogP contribution in [0.3, 0.4) is 0 Å². The van der Waals surface area contributed by atoms with Crippen LogP contribution >= 0.6 is 0 Å². The lowest BCUT2D eigenvalue weighted by molar-refractivity contribution is -0.137. The van der Waals surface area contributed by atoms with Crippen molar-refractivity contribution in [3.05, 3.63) is 66.4 Å². The highest BCUT2D eigenvalue weighted by Crippen LogP contribution is 2.31. The van der Waals surface area contributed by atoms with E-state index in [1.54, 1.807) is 28.0 Å². The second-order valence-electron chi connectivity index (χ2n) is 9.49. The van der Waals surface area contributed by atoms with E-state index in [0.717, 1.165) is 31.6 Å². The number of amides is 2. The van der Waals surface area contributed by atoms with Gasteiger partial charge in [0.05, 0.1) is 29.4 Å². The smallest absolute Gasteiger partial charge is 0.379 e. The molecule has 0 spiro atoms. The number of hydrogen-bond donors (Lipinski definition) is 1. The van der Waals surface area contributed by atoms with Crippen molar-refractivity contribution >= 4 is 27.7 Å². The summed E-state index contributed by atoms with van der Waals surface area (Å²) in [5, 5.41) is 2.98. The van der Waals surface area contributed by atoms with E-state index in [2.05, 4.69) is 15.3 Å². The Hall–Kier alpha value is -3.75. The Balaban J connectivity index is 0.000000367. The number of anilines is 2. The summed E-state index contributed by atoms with van der Waals surface area (Å²) in [6, 6.07) is 12.6. The second kappa shape index (κ2) is 12.8. The van der Waals surface area contributed by atoms with Crippen molar-refractivity contribution in [1.82, 2.24) is 24.1 Å². The van der Waals surface area contributed by atoms with Gasteiger partial charge in [0, 0.05) is 57.7 Å². The average molecular weight is 593 g/mol. The molecule has 2 amide bonds. The SMILES string of the molecule is CN1CCCN(C)C1=O.O=S(=O)(c1ccc(Nc2nccc(-c3ccc(C(F)(F)F)cc3)n2)cc1)N1CCOCC1. The first-order valence-electron chi connectivity index (χ1n) is 12.9. The van der Waals surface area contributed by atoms with Gasteiger partial charge >= 0.3 is 12.2 Å². The van der Waals surface area contributed by atoms with E-state index in [0.29, 0.717) is 43.2 Å². The molecule has 1 N–H and O–H groups in total. The number of ether oxygens (including phenoxy) is 1. The van der Waals surface area contributed by atoms with E-state index in [1.807, 2.05) is 14.1 Å². The van der Waals surface area contributed by atoms with Gasteiger partial charge in [-0.3, -0.25) is 0 Å². The predicted octanol–water partition coefficient (Wildman–Crippen LogP) is 4.30. The van der Waals surface area contributed by atoms with Crippen LogP contribution in [0.25, 0.3) is 11.3 Å². The topological polar surface area (TPSA) is 108 Å². The zero-order valence-electron chi connectivity index (χ0n) is 22.6. The number of aromatic nitrogens is 2. The summed E-state index contributed by atoms with van der Waals surface area (Å²) in [4.78, 5) is 23.1. The van der Waals surface area contributed by atoms with E-state index in [-0.39, 0.29) is 16.9 Å².